The SMILES string of the molecule is O=C(ON1CC=C(c2ccccc2)C1)N1CCCC1. The summed E-state index contributed by atoms with van der Waals surface area (Å²) in [6.45, 7) is 2.99. The molecule has 1 fully saturated rings. The average molecular weight is 258 g/mol. The number of hydrogen-bond donors (Lipinski definition) is 0. The van der Waals surface area contributed by atoms with Crippen molar-refractivity contribution in [3.05, 3.63) is 42.0 Å². The molecular formula is C15H18N2O2. The van der Waals surface area contributed by atoms with Crippen molar-refractivity contribution < 1.29 is 9.63 Å². The molecule has 0 atom stereocenters. The molecule has 0 bridgehead atoms. The molecule has 19 heavy (non-hydrogen) atoms. The molecule has 0 aromatic heterocycles. The number of carbonyl (C=O) groups is 1. The molecule has 1 saturated heterocycles. The largest absolute Gasteiger partial charge is 0.428 e. The number of nitrogens with zero attached hydrogens (tertiary/aromatic N) is 2. The fourth-order valence-electron chi connectivity index (χ4n) is 2.53. The van der Waals surface area contributed by atoms with Gasteiger partial charge in [-0.1, -0.05) is 36.4 Å². The Labute approximate surface area is 113 Å². The molecule has 0 spiro atoms. The molecule has 2 heterocycles. The first kappa shape index (κ1) is 12.2. The van der Waals surface area contributed by atoms with Gasteiger partial charge in [0.25, 0.3) is 0 Å². The molecule has 1 aromatic carbocycles. The Morgan fingerprint density at radius 1 is 1.11 bits per heavy atom. The molecule has 0 aliphatic carbocycles. The lowest BCUT2D eigenvalue weighted by atomic mass is 10.1. The van der Waals surface area contributed by atoms with Crippen LogP contribution in [0.25, 0.3) is 5.57 Å². The van der Waals surface area contributed by atoms with E-state index >= 15 is 0 Å². The number of carbonyl (C=O) groups excluding carboxylic acids is 1. The molecule has 0 N–H and O–H groups in total. The van der Waals surface area contributed by atoms with Crippen LogP contribution in [0, 0.1) is 0 Å². The van der Waals surface area contributed by atoms with Crippen LogP contribution in [-0.4, -0.2) is 42.2 Å². The quantitative estimate of drug-likeness (QED) is 0.817. The predicted octanol–water partition coefficient (Wildman–Crippen LogP) is 2.53. The number of amides is 1. The van der Waals surface area contributed by atoms with Gasteiger partial charge in [-0.15, -0.1) is 5.06 Å². The molecular weight excluding hydrogens is 240 g/mol. The summed E-state index contributed by atoms with van der Waals surface area (Å²) in [6.07, 6.45) is 4.08. The summed E-state index contributed by atoms with van der Waals surface area (Å²) in [7, 11) is 0. The monoisotopic (exact) mass is 258 g/mol. The van der Waals surface area contributed by atoms with Gasteiger partial charge in [-0.2, -0.15) is 0 Å². The highest BCUT2D eigenvalue weighted by molar-refractivity contribution is 5.70. The van der Waals surface area contributed by atoms with Crippen molar-refractivity contribution in [2.75, 3.05) is 26.2 Å². The van der Waals surface area contributed by atoms with E-state index in [0.717, 1.165) is 25.9 Å². The lowest BCUT2D eigenvalue weighted by molar-refractivity contribution is -0.0875. The maximum atomic E-state index is 11.9. The van der Waals surface area contributed by atoms with Gasteiger partial charge >= 0.3 is 6.09 Å². The van der Waals surface area contributed by atoms with Crippen LogP contribution in [0.2, 0.25) is 0 Å². The van der Waals surface area contributed by atoms with Gasteiger partial charge in [-0.3, -0.25) is 0 Å². The summed E-state index contributed by atoms with van der Waals surface area (Å²) in [4.78, 5) is 19.1. The Kier molecular flexibility index (Phi) is 3.51. The molecule has 0 saturated carbocycles. The maximum absolute atomic E-state index is 11.9. The first-order valence-electron chi connectivity index (χ1n) is 6.79. The molecule has 4 heteroatoms. The van der Waals surface area contributed by atoms with E-state index in [4.69, 9.17) is 4.84 Å². The van der Waals surface area contributed by atoms with Gasteiger partial charge in [0.1, 0.15) is 0 Å². The molecule has 1 aromatic rings. The lowest BCUT2D eigenvalue weighted by Crippen LogP contribution is -2.35. The standard InChI is InChI=1S/C15H18N2O2/c18-15(16-9-4-5-10-16)19-17-11-8-14(12-17)13-6-2-1-3-7-13/h1-3,6-8H,4-5,9-12H2. The summed E-state index contributed by atoms with van der Waals surface area (Å²) in [6, 6.07) is 10.2. The minimum absolute atomic E-state index is 0.208. The van der Waals surface area contributed by atoms with Crippen LogP contribution in [0.1, 0.15) is 18.4 Å². The third-order valence-corrected chi connectivity index (χ3v) is 3.60. The number of rotatable bonds is 2. The van der Waals surface area contributed by atoms with Crippen LogP contribution in [0.15, 0.2) is 36.4 Å². The third-order valence-electron chi connectivity index (χ3n) is 3.60. The van der Waals surface area contributed by atoms with Crippen molar-refractivity contribution in [2.24, 2.45) is 0 Å². The second kappa shape index (κ2) is 5.45. The van der Waals surface area contributed by atoms with Crippen molar-refractivity contribution in [2.45, 2.75) is 12.8 Å². The van der Waals surface area contributed by atoms with Crippen LogP contribution in [0.5, 0.6) is 0 Å². The molecule has 3 rings (SSSR count). The Hall–Kier alpha value is -1.81. The zero-order valence-corrected chi connectivity index (χ0v) is 10.9. The Bertz CT molecular complexity index is 478. The van der Waals surface area contributed by atoms with Crippen LogP contribution in [0.3, 0.4) is 0 Å². The summed E-state index contributed by atoms with van der Waals surface area (Å²) in [5.74, 6) is 0. The van der Waals surface area contributed by atoms with Gasteiger partial charge in [0.2, 0.25) is 0 Å². The summed E-state index contributed by atoms with van der Waals surface area (Å²) in [5.41, 5.74) is 2.41. The van der Waals surface area contributed by atoms with Crippen molar-refractivity contribution >= 4 is 11.7 Å². The lowest BCUT2D eigenvalue weighted by Gasteiger charge is -2.20. The van der Waals surface area contributed by atoms with E-state index < -0.39 is 0 Å². The van der Waals surface area contributed by atoms with E-state index in [1.54, 1.807) is 9.96 Å². The fraction of sp³-hybridized carbons (Fsp3) is 0.400. The second-order valence-corrected chi connectivity index (χ2v) is 4.97. The molecule has 100 valence electrons. The van der Waals surface area contributed by atoms with Crippen molar-refractivity contribution in [1.82, 2.24) is 9.96 Å². The van der Waals surface area contributed by atoms with Gasteiger partial charge in [0.05, 0.1) is 13.1 Å². The second-order valence-electron chi connectivity index (χ2n) is 4.97. The first-order chi connectivity index (χ1) is 9.33. The van der Waals surface area contributed by atoms with E-state index in [2.05, 4.69) is 18.2 Å². The molecule has 0 radical (unpaired) electrons. The summed E-state index contributed by atoms with van der Waals surface area (Å²) < 4.78 is 0. The highest BCUT2D eigenvalue weighted by Crippen LogP contribution is 2.21. The maximum Gasteiger partial charge on any atom is 0.428 e. The molecule has 2 aliphatic heterocycles. The Morgan fingerprint density at radius 3 is 2.58 bits per heavy atom. The van der Waals surface area contributed by atoms with Gasteiger partial charge in [0, 0.05) is 13.1 Å². The van der Waals surface area contributed by atoms with Crippen molar-refractivity contribution in [3.63, 3.8) is 0 Å². The molecule has 0 unspecified atom stereocenters. The zero-order chi connectivity index (χ0) is 13.1. The summed E-state index contributed by atoms with van der Waals surface area (Å²) >= 11 is 0. The highest BCUT2D eigenvalue weighted by atomic mass is 16.7. The molecule has 2 aliphatic rings. The van der Waals surface area contributed by atoms with Crippen LogP contribution in [-0.2, 0) is 4.84 Å². The van der Waals surface area contributed by atoms with E-state index in [1.165, 1.54) is 11.1 Å². The minimum Gasteiger partial charge on any atom is -0.350 e. The van der Waals surface area contributed by atoms with E-state index in [0.29, 0.717) is 13.1 Å². The van der Waals surface area contributed by atoms with Gasteiger partial charge in [-0.25, -0.2) is 4.79 Å². The highest BCUT2D eigenvalue weighted by Gasteiger charge is 2.24. The van der Waals surface area contributed by atoms with Crippen molar-refractivity contribution in [1.29, 1.82) is 0 Å². The Balaban J connectivity index is 1.55. The first-order valence-corrected chi connectivity index (χ1v) is 6.79. The van der Waals surface area contributed by atoms with E-state index in [-0.39, 0.29) is 6.09 Å². The smallest absolute Gasteiger partial charge is 0.350 e. The van der Waals surface area contributed by atoms with Crippen molar-refractivity contribution in [3.8, 4) is 0 Å². The van der Waals surface area contributed by atoms with Gasteiger partial charge in [-0.05, 0) is 24.0 Å². The fourth-order valence-corrected chi connectivity index (χ4v) is 2.53. The molecule has 1 amide bonds. The normalized spacial score (nSPS) is 19.6. The van der Waals surface area contributed by atoms with Gasteiger partial charge in [0.15, 0.2) is 0 Å². The van der Waals surface area contributed by atoms with Crippen LogP contribution < -0.4 is 0 Å². The number of hydrogen-bond acceptors (Lipinski definition) is 3. The minimum atomic E-state index is -0.208. The topological polar surface area (TPSA) is 32.8 Å². The average Bonchev–Trinajstić information content (AvgIpc) is 3.11. The summed E-state index contributed by atoms with van der Waals surface area (Å²) in [5, 5.41) is 1.73. The van der Waals surface area contributed by atoms with E-state index in [1.807, 2.05) is 18.2 Å². The Morgan fingerprint density at radius 2 is 1.84 bits per heavy atom. The number of hydroxylamine groups is 2. The molecule has 4 nitrogen and oxygen atoms in total. The predicted molar refractivity (Wildman–Crippen MR) is 73.3 cm³/mol. The third kappa shape index (κ3) is 2.79. The number of benzene rings is 1. The van der Waals surface area contributed by atoms with Crippen LogP contribution >= 0.6 is 0 Å². The zero-order valence-electron chi connectivity index (χ0n) is 10.9. The van der Waals surface area contributed by atoms with E-state index in [9.17, 15) is 4.79 Å². The van der Waals surface area contributed by atoms with Gasteiger partial charge < -0.3 is 9.74 Å². The number of likely N-dealkylation sites (tertiary alicyclic amines) is 1. The van der Waals surface area contributed by atoms with Crippen LogP contribution in [0.4, 0.5) is 4.79 Å².